The predicted molar refractivity (Wildman–Crippen MR) is 105 cm³/mol. The summed E-state index contributed by atoms with van der Waals surface area (Å²) in [5.74, 6) is 0.989. The maximum absolute atomic E-state index is 12.0. The lowest BCUT2D eigenvalue weighted by Crippen LogP contribution is -2.39. The minimum atomic E-state index is -3.01. The number of hydrogen-bond acceptors (Lipinski definition) is 5. The monoisotopic (exact) mass is 396 g/mol. The average Bonchev–Trinajstić information content (AvgIpc) is 3.05. The molecule has 2 heterocycles. The Kier molecular flexibility index (Phi) is 5.92. The van der Waals surface area contributed by atoms with Crippen molar-refractivity contribution in [3.63, 3.8) is 0 Å². The lowest BCUT2D eigenvalue weighted by Gasteiger charge is -2.24. The Bertz CT molecular complexity index is 790. The molecule has 2 aliphatic heterocycles. The van der Waals surface area contributed by atoms with Crippen molar-refractivity contribution in [1.29, 1.82) is 0 Å². The highest BCUT2D eigenvalue weighted by atomic mass is 32.2. The number of benzene rings is 1. The number of ether oxygens (including phenoxy) is 1. The van der Waals surface area contributed by atoms with E-state index in [-0.39, 0.29) is 28.7 Å². The SMILES string of the molecule is CCCC(=O)N=C1S[C@@H]2CS(=O)(=O)C[C@@H]2N1CCc1ccc(OC)cc1. The van der Waals surface area contributed by atoms with Crippen molar-refractivity contribution in [2.75, 3.05) is 25.2 Å². The second kappa shape index (κ2) is 8.00. The molecule has 2 saturated heterocycles. The summed E-state index contributed by atoms with van der Waals surface area (Å²) in [6.45, 7) is 2.59. The van der Waals surface area contributed by atoms with Gasteiger partial charge in [0.05, 0.1) is 24.7 Å². The van der Waals surface area contributed by atoms with Crippen LogP contribution in [-0.4, -0.2) is 60.8 Å². The van der Waals surface area contributed by atoms with Gasteiger partial charge in [0.15, 0.2) is 15.0 Å². The number of fused-ring (bicyclic) bond motifs is 1. The number of carbonyl (C=O) groups is 1. The molecule has 8 heteroatoms. The van der Waals surface area contributed by atoms with E-state index in [9.17, 15) is 13.2 Å². The molecule has 1 aromatic rings. The molecular weight excluding hydrogens is 372 g/mol. The number of sulfone groups is 1. The molecule has 0 aliphatic carbocycles. The van der Waals surface area contributed by atoms with E-state index >= 15 is 0 Å². The maximum atomic E-state index is 12.0. The van der Waals surface area contributed by atoms with Gasteiger partial charge in [-0.05, 0) is 30.5 Å². The number of nitrogens with zero attached hydrogens (tertiary/aromatic N) is 2. The second-order valence-corrected chi connectivity index (χ2v) is 9.99. The van der Waals surface area contributed by atoms with Crippen molar-refractivity contribution in [2.24, 2.45) is 4.99 Å². The largest absolute Gasteiger partial charge is 0.497 e. The third kappa shape index (κ3) is 4.40. The molecule has 1 aromatic carbocycles. The van der Waals surface area contributed by atoms with E-state index in [2.05, 4.69) is 4.99 Å². The molecule has 1 amide bonds. The molecule has 142 valence electrons. The van der Waals surface area contributed by atoms with Crippen molar-refractivity contribution < 1.29 is 17.9 Å². The highest BCUT2D eigenvalue weighted by Gasteiger charge is 2.48. The number of carbonyl (C=O) groups excluding carboxylic acids is 1. The first-order chi connectivity index (χ1) is 12.4. The fraction of sp³-hybridized carbons (Fsp3) is 0.556. The Balaban J connectivity index is 1.75. The fourth-order valence-electron chi connectivity index (χ4n) is 3.32. The van der Waals surface area contributed by atoms with Crippen LogP contribution in [0.15, 0.2) is 29.3 Å². The summed E-state index contributed by atoms with van der Waals surface area (Å²) in [6.07, 6.45) is 1.94. The van der Waals surface area contributed by atoms with Gasteiger partial charge in [0.25, 0.3) is 0 Å². The molecule has 0 bridgehead atoms. The van der Waals surface area contributed by atoms with Gasteiger partial charge in [0.1, 0.15) is 5.75 Å². The Hall–Kier alpha value is -1.54. The number of aliphatic imine (C=N–C) groups is 1. The molecule has 0 spiro atoms. The highest BCUT2D eigenvalue weighted by Crippen LogP contribution is 2.38. The molecule has 6 nitrogen and oxygen atoms in total. The van der Waals surface area contributed by atoms with Crippen molar-refractivity contribution in [3.8, 4) is 5.75 Å². The third-order valence-corrected chi connectivity index (χ3v) is 7.91. The van der Waals surface area contributed by atoms with Gasteiger partial charge in [0.2, 0.25) is 5.91 Å². The number of hydrogen-bond donors (Lipinski definition) is 0. The molecule has 0 unspecified atom stereocenters. The molecule has 2 fully saturated rings. The van der Waals surface area contributed by atoms with Gasteiger partial charge < -0.3 is 9.64 Å². The zero-order chi connectivity index (χ0) is 18.7. The Morgan fingerprint density at radius 2 is 2.04 bits per heavy atom. The van der Waals surface area contributed by atoms with Crippen LogP contribution in [0.3, 0.4) is 0 Å². The molecule has 2 atom stereocenters. The summed E-state index contributed by atoms with van der Waals surface area (Å²) >= 11 is 1.44. The van der Waals surface area contributed by atoms with Crippen LogP contribution in [0.25, 0.3) is 0 Å². The molecule has 0 N–H and O–H groups in total. The molecule has 26 heavy (non-hydrogen) atoms. The summed E-state index contributed by atoms with van der Waals surface area (Å²) in [5.41, 5.74) is 1.14. The minimum Gasteiger partial charge on any atom is -0.497 e. The topological polar surface area (TPSA) is 76.0 Å². The number of amides is 1. The minimum absolute atomic E-state index is 0.0240. The zero-order valence-electron chi connectivity index (χ0n) is 15.1. The Labute approximate surface area is 158 Å². The lowest BCUT2D eigenvalue weighted by atomic mass is 10.1. The van der Waals surface area contributed by atoms with E-state index in [1.165, 1.54) is 11.8 Å². The second-order valence-electron chi connectivity index (χ2n) is 6.63. The van der Waals surface area contributed by atoms with E-state index < -0.39 is 9.84 Å². The zero-order valence-corrected chi connectivity index (χ0v) is 16.7. The Morgan fingerprint density at radius 3 is 2.69 bits per heavy atom. The molecule has 2 aliphatic rings. The number of amidine groups is 1. The van der Waals surface area contributed by atoms with Gasteiger partial charge in [-0.15, -0.1) is 0 Å². The first kappa shape index (κ1) is 19.2. The normalized spacial score (nSPS) is 25.5. The van der Waals surface area contributed by atoms with E-state index in [4.69, 9.17) is 4.74 Å². The van der Waals surface area contributed by atoms with Crippen molar-refractivity contribution >= 4 is 32.7 Å². The quantitative estimate of drug-likeness (QED) is 0.733. The molecule has 0 saturated carbocycles. The first-order valence-electron chi connectivity index (χ1n) is 8.80. The first-order valence-corrected chi connectivity index (χ1v) is 11.5. The van der Waals surface area contributed by atoms with Gasteiger partial charge in [0, 0.05) is 18.2 Å². The fourth-order valence-corrected chi connectivity index (χ4v) is 7.31. The van der Waals surface area contributed by atoms with Crippen LogP contribution in [0, 0.1) is 0 Å². The van der Waals surface area contributed by atoms with E-state index in [0.717, 1.165) is 24.2 Å². The van der Waals surface area contributed by atoms with Crippen LogP contribution in [0.2, 0.25) is 0 Å². The number of rotatable bonds is 6. The van der Waals surface area contributed by atoms with Gasteiger partial charge in [-0.1, -0.05) is 30.8 Å². The van der Waals surface area contributed by atoms with E-state index in [0.29, 0.717) is 18.1 Å². The summed E-state index contributed by atoms with van der Waals surface area (Å²) < 4.78 is 29.2. The van der Waals surface area contributed by atoms with Crippen molar-refractivity contribution in [2.45, 2.75) is 37.5 Å². The number of thioether (sulfide) groups is 1. The predicted octanol–water partition coefficient (Wildman–Crippen LogP) is 2.13. The van der Waals surface area contributed by atoms with Crippen LogP contribution in [0.5, 0.6) is 5.75 Å². The van der Waals surface area contributed by atoms with Gasteiger partial charge in [-0.25, -0.2) is 8.42 Å². The summed E-state index contributed by atoms with van der Waals surface area (Å²) in [5, 5.41) is 0.658. The molecular formula is C18H24N2O4S2. The van der Waals surface area contributed by atoms with Crippen LogP contribution < -0.4 is 4.74 Å². The van der Waals surface area contributed by atoms with Crippen LogP contribution in [0.4, 0.5) is 0 Å². The standard InChI is InChI=1S/C18H24N2O4S2/c1-3-4-17(21)19-18-20(15-11-26(22,23)12-16(15)25-18)10-9-13-5-7-14(24-2)8-6-13/h5-8,15-16H,3-4,9-12H2,1-2H3/t15-,16+/m0/s1. The lowest BCUT2D eigenvalue weighted by molar-refractivity contribution is -0.117. The molecule has 0 radical (unpaired) electrons. The Morgan fingerprint density at radius 1 is 1.31 bits per heavy atom. The molecule has 0 aromatic heterocycles. The third-order valence-electron chi connectivity index (χ3n) is 4.66. The smallest absolute Gasteiger partial charge is 0.248 e. The number of methoxy groups -OCH3 is 1. The van der Waals surface area contributed by atoms with Gasteiger partial charge in [-0.3, -0.25) is 4.79 Å². The average molecular weight is 397 g/mol. The summed E-state index contributed by atoms with van der Waals surface area (Å²) in [7, 11) is -1.38. The maximum Gasteiger partial charge on any atom is 0.248 e. The van der Waals surface area contributed by atoms with Crippen LogP contribution in [-0.2, 0) is 21.1 Å². The van der Waals surface area contributed by atoms with E-state index in [1.54, 1.807) is 7.11 Å². The highest BCUT2D eigenvalue weighted by molar-refractivity contribution is 8.15. The van der Waals surface area contributed by atoms with E-state index in [1.807, 2.05) is 36.1 Å². The van der Waals surface area contributed by atoms with Crippen LogP contribution >= 0.6 is 11.8 Å². The summed E-state index contributed by atoms with van der Waals surface area (Å²) in [6, 6.07) is 7.75. The van der Waals surface area contributed by atoms with Gasteiger partial charge in [-0.2, -0.15) is 4.99 Å². The van der Waals surface area contributed by atoms with Crippen molar-refractivity contribution in [3.05, 3.63) is 29.8 Å². The van der Waals surface area contributed by atoms with Crippen LogP contribution in [0.1, 0.15) is 25.3 Å². The summed E-state index contributed by atoms with van der Waals surface area (Å²) in [4.78, 5) is 18.3. The van der Waals surface area contributed by atoms with Gasteiger partial charge >= 0.3 is 0 Å². The van der Waals surface area contributed by atoms with Crippen molar-refractivity contribution in [1.82, 2.24) is 4.90 Å². The molecule has 3 rings (SSSR count).